The first-order chi connectivity index (χ1) is 17.1. The van der Waals surface area contributed by atoms with Gasteiger partial charge in [0, 0.05) is 23.7 Å². The van der Waals surface area contributed by atoms with E-state index >= 15 is 0 Å². The van der Waals surface area contributed by atoms with E-state index in [9.17, 15) is 12.8 Å². The zero-order valence-corrected chi connectivity index (χ0v) is 21.7. The first kappa shape index (κ1) is 25.9. The molecule has 2 N–H and O–H groups in total. The first-order valence-electron chi connectivity index (χ1n) is 12.1. The van der Waals surface area contributed by atoms with Gasteiger partial charge in [-0.1, -0.05) is 50.2 Å². The summed E-state index contributed by atoms with van der Waals surface area (Å²) in [5, 5.41) is 8.32. The first-order valence-corrected chi connectivity index (χ1v) is 13.6. The summed E-state index contributed by atoms with van der Waals surface area (Å²) >= 11 is 0. The van der Waals surface area contributed by atoms with E-state index in [0.717, 1.165) is 48.0 Å². The average molecular weight is 510 g/mol. The second-order valence-electron chi connectivity index (χ2n) is 9.99. The van der Waals surface area contributed by atoms with Gasteiger partial charge in [-0.15, -0.1) is 0 Å². The van der Waals surface area contributed by atoms with E-state index in [1.807, 2.05) is 24.3 Å². The maximum absolute atomic E-state index is 13.3. The summed E-state index contributed by atoms with van der Waals surface area (Å²) in [6, 6.07) is 19.0. The van der Waals surface area contributed by atoms with Crippen LogP contribution in [0, 0.1) is 5.82 Å². The van der Waals surface area contributed by atoms with Crippen LogP contribution in [0.1, 0.15) is 50.4 Å². The maximum atomic E-state index is 13.3. The number of hydrogen-bond acceptors (Lipinski definition) is 5. The van der Waals surface area contributed by atoms with Gasteiger partial charge < -0.3 is 9.84 Å². The highest BCUT2D eigenvalue weighted by atomic mass is 32.2. The van der Waals surface area contributed by atoms with E-state index in [4.69, 9.17) is 4.52 Å². The number of rotatable bonds is 10. The molecule has 1 heterocycles. The number of benzene rings is 3. The molecule has 4 rings (SSSR count). The predicted molar refractivity (Wildman–Crippen MR) is 141 cm³/mol. The van der Waals surface area contributed by atoms with Gasteiger partial charge in [-0.25, -0.2) is 12.8 Å². The Kier molecular flexibility index (Phi) is 7.76. The Bertz CT molecular complexity index is 1440. The molecule has 190 valence electrons. The number of nitrogens with zero attached hydrogens (tertiary/aromatic N) is 1. The molecule has 1 aromatic heterocycles. The molecule has 0 atom stereocenters. The third-order valence-corrected chi connectivity index (χ3v) is 7.42. The SMILES string of the molecule is CC(C)(C)c1cccc(S(=O)(=O)Nc2cccc(CNCCCCc3noc4cc(F)ccc34)c2)c1. The topological polar surface area (TPSA) is 84.2 Å². The van der Waals surface area contributed by atoms with Crippen molar-refractivity contribution in [2.75, 3.05) is 11.3 Å². The monoisotopic (exact) mass is 509 g/mol. The van der Waals surface area contributed by atoms with E-state index < -0.39 is 10.0 Å². The fraction of sp³-hybridized carbons (Fsp3) is 0.321. The zero-order chi connectivity index (χ0) is 25.8. The molecule has 0 aliphatic carbocycles. The quantitative estimate of drug-likeness (QED) is 0.250. The van der Waals surface area contributed by atoms with Crippen molar-refractivity contribution in [1.29, 1.82) is 0 Å². The zero-order valence-electron chi connectivity index (χ0n) is 20.8. The summed E-state index contributed by atoms with van der Waals surface area (Å²) in [4.78, 5) is 0.253. The van der Waals surface area contributed by atoms with Crippen LogP contribution in [0.25, 0.3) is 11.0 Å². The second-order valence-corrected chi connectivity index (χ2v) is 11.7. The smallest absolute Gasteiger partial charge is 0.261 e. The van der Waals surface area contributed by atoms with Crippen LogP contribution >= 0.6 is 0 Å². The number of anilines is 1. The lowest BCUT2D eigenvalue weighted by Crippen LogP contribution is -2.17. The highest BCUT2D eigenvalue weighted by Crippen LogP contribution is 2.26. The molecule has 0 aliphatic heterocycles. The van der Waals surface area contributed by atoms with Crippen molar-refractivity contribution < 1.29 is 17.3 Å². The molecular weight excluding hydrogens is 477 g/mol. The summed E-state index contributed by atoms with van der Waals surface area (Å²) in [6.07, 6.45) is 2.61. The minimum absolute atomic E-state index is 0.140. The molecule has 36 heavy (non-hydrogen) atoms. The third-order valence-electron chi connectivity index (χ3n) is 6.04. The standard InChI is InChI=1S/C28H32FN3O3S/c1-28(2,3)21-9-7-11-24(17-21)36(33,34)32-23-10-6-8-20(16-23)19-30-15-5-4-12-26-25-14-13-22(29)18-27(25)35-31-26/h6-11,13-14,16-18,30,32H,4-5,12,15,19H2,1-3H3. The average Bonchev–Trinajstić information content (AvgIpc) is 3.22. The minimum Gasteiger partial charge on any atom is -0.356 e. The van der Waals surface area contributed by atoms with E-state index in [0.29, 0.717) is 17.8 Å². The molecule has 0 fully saturated rings. The van der Waals surface area contributed by atoms with Crippen LogP contribution in [0.2, 0.25) is 0 Å². The van der Waals surface area contributed by atoms with Gasteiger partial charge in [0.05, 0.1) is 10.6 Å². The van der Waals surface area contributed by atoms with Crippen LogP contribution < -0.4 is 10.0 Å². The molecule has 6 nitrogen and oxygen atoms in total. The highest BCUT2D eigenvalue weighted by molar-refractivity contribution is 7.92. The normalized spacial score (nSPS) is 12.2. The largest absolute Gasteiger partial charge is 0.356 e. The van der Waals surface area contributed by atoms with E-state index in [-0.39, 0.29) is 16.1 Å². The van der Waals surface area contributed by atoms with Crippen LogP contribution in [0.15, 0.2) is 76.1 Å². The van der Waals surface area contributed by atoms with Crippen LogP contribution in [0.4, 0.5) is 10.1 Å². The Morgan fingerprint density at radius 1 is 0.972 bits per heavy atom. The predicted octanol–water partition coefficient (Wildman–Crippen LogP) is 6.18. The van der Waals surface area contributed by atoms with Crippen molar-refractivity contribution in [3.8, 4) is 0 Å². The van der Waals surface area contributed by atoms with Crippen molar-refractivity contribution in [1.82, 2.24) is 10.5 Å². The van der Waals surface area contributed by atoms with E-state index in [1.54, 1.807) is 30.3 Å². The lowest BCUT2D eigenvalue weighted by molar-refractivity contribution is 0.442. The Hall–Kier alpha value is -3.23. The molecule has 8 heteroatoms. The van der Waals surface area contributed by atoms with Gasteiger partial charge in [0.15, 0.2) is 5.58 Å². The molecule has 0 amide bonds. The highest BCUT2D eigenvalue weighted by Gasteiger charge is 2.19. The van der Waals surface area contributed by atoms with Crippen LogP contribution in [-0.4, -0.2) is 20.1 Å². The number of aryl methyl sites for hydroxylation is 1. The third kappa shape index (κ3) is 6.50. The van der Waals surface area contributed by atoms with Crippen molar-refractivity contribution in [2.45, 2.75) is 56.9 Å². The van der Waals surface area contributed by atoms with Crippen molar-refractivity contribution in [2.24, 2.45) is 0 Å². The molecule has 0 spiro atoms. The summed E-state index contributed by atoms with van der Waals surface area (Å²) in [5.41, 5.74) is 3.67. The van der Waals surface area contributed by atoms with Gasteiger partial charge in [-0.2, -0.15) is 0 Å². The Labute approximate surface area is 212 Å². The molecule has 0 radical (unpaired) electrons. The number of fused-ring (bicyclic) bond motifs is 1. The van der Waals surface area contributed by atoms with Gasteiger partial charge in [-0.05, 0) is 78.7 Å². The van der Waals surface area contributed by atoms with Crippen LogP contribution in [0.5, 0.6) is 0 Å². The maximum Gasteiger partial charge on any atom is 0.261 e. The lowest BCUT2D eigenvalue weighted by Gasteiger charge is -2.20. The van der Waals surface area contributed by atoms with Gasteiger partial charge >= 0.3 is 0 Å². The number of hydrogen-bond donors (Lipinski definition) is 2. The number of aromatic nitrogens is 1. The molecule has 0 saturated heterocycles. The summed E-state index contributed by atoms with van der Waals surface area (Å²) in [5.74, 6) is -0.332. The number of halogens is 1. The molecule has 0 unspecified atom stereocenters. The number of nitrogens with one attached hydrogen (secondary N) is 2. The van der Waals surface area contributed by atoms with E-state index in [2.05, 4.69) is 36.0 Å². The Morgan fingerprint density at radius 3 is 2.58 bits per heavy atom. The van der Waals surface area contributed by atoms with Gasteiger partial charge in [0.2, 0.25) is 0 Å². The molecule has 3 aromatic carbocycles. The van der Waals surface area contributed by atoms with Gasteiger partial charge in [-0.3, -0.25) is 4.72 Å². The second kappa shape index (κ2) is 10.8. The molecular formula is C28H32FN3O3S. The molecule has 0 bridgehead atoms. The van der Waals surface area contributed by atoms with Gasteiger partial charge in [0.25, 0.3) is 10.0 Å². The van der Waals surface area contributed by atoms with Gasteiger partial charge in [0.1, 0.15) is 5.82 Å². The summed E-state index contributed by atoms with van der Waals surface area (Å²) < 4.78 is 47.1. The fourth-order valence-electron chi connectivity index (χ4n) is 4.01. The number of sulfonamides is 1. The summed E-state index contributed by atoms with van der Waals surface area (Å²) in [6.45, 7) is 7.60. The molecule has 4 aromatic rings. The van der Waals surface area contributed by atoms with Crippen LogP contribution in [-0.2, 0) is 28.4 Å². The number of unbranched alkanes of at least 4 members (excludes halogenated alkanes) is 1. The molecule has 0 aliphatic rings. The fourth-order valence-corrected chi connectivity index (χ4v) is 5.10. The van der Waals surface area contributed by atoms with Crippen molar-refractivity contribution in [3.63, 3.8) is 0 Å². The van der Waals surface area contributed by atoms with E-state index in [1.165, 1.54) is 12.1 Å². The Balaban J connectivity index is 1.27. The lowest BCUT2D eigenvalue weighted by atomic mass is 9.87. The molecule has 0 saturated carbocycles. The van der Waals surface area contributed by atoms with Crippen molar-refractivity contribution in [3.05, 3.63) is 89.4 Å². The van der Waals surface area contributed by atoms with Crippen LogP contribution in [0.3, 0.4) is 0 Å². The summed E-state index contributed by atoms with van der Waals surface area (Å²) in [7, 11) is -3.69. The Morgan fingerprint density at radius 2 is 1.78 bits per heavy atom. The minimum atomic E-state index is -3.69. The van der Waals surface area contributed by atoms with Crippen molar-refractivity contribution >= 4 is 26.7 Å².